The molecule has 29 heavy (non-hydrogen) atoms. The Morgan fingerprint density at radius 2 is 1.97 bits per heavy atom. The Morgan fingerprint density at radius 1 is 1.24 bits per heavy atom. The van der Waals surface area contributed by atoms with Crippen LogP contribution in [0, 0.1) is 0 Å². The lowest BCUT2D eigenvalue weighted by Crippen LogP contribution is -2.41. The minimum Gasteiger partial charge on any atom is -0.397 e. The molecule has 10 nitrogen and oxygen atoms in total. The second kappa shape index (κ2) is 9.10. The van der Waals surface area contributed by atoms with Crippen LogP contribution in [0.5, 0.6) is 0 Å². The average molecular weight is 403 g/mol. The number of fused-ring (bicyclic) bond motifs is 1. The molecule has 0 radical (unpaired) electrons. The molecule has 2 amide bonds. The van der Waals surface area contributed by atoms with E-state index in [0.29, 0.717) is 55.6 Å². The van der Waals surface area contributed by atoms with E-state index in [1.165, 1.54) is 0 Å². The standard InChI is InChI=1S/C19H29N7O3/c1-23(2)18(28)3-4-26-17-12-16(14(20)11-15(17)22-19(26)21)25(13-27)6-5-24-7-9-29-10-8-24/h11-13H,3-10,20H2,1-2H3,(H2,21,22). The Balaban J connectivity index is 1.82. The number of hydrogen-bond acceptors (Lipinski definition) is 7. The maximum absolute atomic E-state index is 12.0. The van der Waals surface area contributed by atoms with Crippen LogP contribution >= 0.6 is 0 Å². The van der Waals surface area contributed by atoms with Crippen LogP contribution in [-0.2, 0) is 20.9 Å². The Morgan fingerprint density at radius 3 is 2.62 bits per heavy atom. The van der Waals surface area contributed by atoms with E-state index in [1.54, 1.807) is 34.5 Å². The third-order valence-corrected chi connectivity index (χ3v) is 5.17. The average Bonchev–Trinajstić information content (AvgIpc) is 3.01. The van der Waals surface area contributed by atoms with Gasteiger partial charge in [0.15, 0.2) is 0 Å². The summed E-state index contributed by atoms with van der Waals surface area (Å²) in [5.41, 5.74) is 14.7. The molecule has 10 heteroatoms. The lowest BCUT2D eigenvalue weighted by molar-refractivity contribution is -0.128. The van der Waals surface area contributed by atoms with Crippen LogP contribution in [0.15, 0.2) is 12.1 Å². The van der Waals surface area contributed by atoms with E-state index in [2.05, 4.69) is 9.88 Å². The minimum absolute atomic E-state index is 0.00180. The molecular formula is C19H29N7O3. The van der Waals surface area contributed by atoms with Gasteiger partial charge in [0, 0.05) is 53.2 Å². The molecule has 2 aromatic rings. The van der Waals surface area contributed by atoms with Gasteiger partial charge >= 0.3 is 0 Å². The van der Waals surface area contributed by atoms with Gasteiger partial charge in [0.1, 0.15) is 0 Å². The molecule has 158 valence electrons. The number of benzene rings is 1. The molecule has 1 aliphatic rings. The Hall–Kier alpha value is -2.85. The van der Waals surface area contributed by atoms with Crippen molar-refractivity contribution in [2.75, 3.05) is 69.9 Å². The summed E-state index contributed by atoms with van der Waals surface area (Å²) in [6.45, 7) is 4.77. The summed E-state index contributed by atoms with van der Waals surface area (Å²) in [7, 11) is 3.43. The lowest BCUT2D eigenvalue weighted by Gasteiger charge is -2.29. The largest absolute Gasteiger partial charge is 0.397 e. The highest BCUT2D eigenvalue weighted by Gasteiger charge is 2.18. The van der Waals surface area contributed by atoms with Crippen LogP contribution in [0.25, 0.3) is 11.0 Å². The number of nitrogens with two attached hydrogens (primary N) is 2. The molecule has 0 bridgehead atoms. The molecule has 0 saturated carbocycles. The molecule has 1 aliphatic heterocycles. The van der Waals surface area contributed by atoms with E-state index in [1.807, 2.05) is 6.07 Å². The zero-order chi connectivity index (χ0) is 21.0. The summed E-state index contributed by atoms with van der Waals surface area (Å²) < 4.78 is 7.14. The van der Waals surface area contributed by atoms with Crippen LogP contribution in [-0.4, -0.2) is 85.2 Å². The highest BCUT2D eigenvalue weighted by molar-refractivity contribution is 5.93. The zero-order valence-electron chi connectivity index (χ0n) is 17.0. The van der Waals surface area contributed by atoms with Gasteiger partial charge in [-0.15, -0.1) is 0 Å². The second-order valence-electron chi connectivity index (χ2n) is 7.31. The number of hydrogen-bond donors (Lipinski definition) is 2. The van der Waals surface area contributed by atoms with Crippen LogP contribution in [0.2, 0.25) is 0 Å². The van der Waals surface area contributed by atoms with Crippen LogP contribution in [0.3, 0.4) is 0 Å². The number of aromatic nitrogens is 2. The molecule has 0 aliphatic carbocycles. The van der Waals surface area contributed by atoms with Gasteiger partial charge in [-0.25, -0.2) is 4.98 Å². The van der Waals surface area contributed by atoms with Crippen molar-refractivity contribution in [1.29, 1.82) is 0 Å². The van der Waals surface area contributed by atoms with Crippen LogP contribution in [0.1, 0.15) is 6.42 Å². The SMILES string of the molecule is CN(C)C(=O)CCn1c(N)nc2cc(N)c(N(C=O)CCN3CCOCC3)cc21. The third kappa shape index (κ3) is 4.77. The van der Waals surface area contributed by atoms with Crippen LogP contribution < -0.4 is 16.4 Å². The highest BCUT2D eigenvalue weighted by atomic mass is 16.5. The summed E-state index contributed by atoms with van der Waals surface area (Å²) in [6, 6.07) is 3.54. The first-order valence-electron chi connectivity index (χ1n) is 9.68. The maximum atomic E-state index is 12.0. The molecule has 0 unspecified atom stereocenters. The van der Waals surface area contributed by atoms with Crippen molar-refractivity contribution < 1.29 is 14.3 Å². The normalized spacial score (nSPS) is 14.8. The van der Waals surface area contributed by atoms with Gasteiger partial charge in [0.05, 0.1) is 35.6 Å². The van der Waals surface area contributed by atoms with Gasteiger partial charge < -0.3 is 30.6 Å². The van der Waals surface area contributed by atoms with E-state index < -0.39 is 0 Å². The predicted molar refractivity (Wildman–Crippen MR) is 113 cm³/mol. The van der Waals surface area contributed by atoms with Crippen molar-refractivity contribution >= 4 is 40.7 Å². The molecule has 3 rings (SSSR count). The number of morpholine rings is 1. The van der Waals surface area contributed by atoms with E-state index in [4.69, 9.17) is 16.2 Å². The molecule has 0 spiro atoms. The van der Waals surface area contributed by atoms with E-state index in [9.17, 15) is 9.59 Å². The van der Waals surface area contributed by atoms with Gasteiger partial charge in [-0.2, -0.15) is 0 Å². The molecule has 0 atom stereocenters. The first kappa shape index (κ1) is 20.9. The van der Waals surface area contributed by atoms with Gasteiger partial charge in [0.2, 0.25) is 18.3 Å². The van der Waals surface area contributed by atoms with Gasteiger partial charge in [-0.3, -0.25) is 14.5 Å². The number of nitrogens with zero attached hydrogens (tertiary/aromatic N) is 5. The second-order valence-corrected chi connectivity index (χ2v) is 7.31. The van der Waals surface area contributed by atoms with Crippen molar-refractivity contribution in [1.82, 2.24) is 19.4 Å². The fourth-order valence-corrected chi connectivity index (χ4v) is 3.41. The summed E-state index contributed by atoms with van der Waals surface area (Å²) in [4.78, 5) is 33.5. The van der Waals surface area contributed by atoms with E-state index in [0.717, 1.165) is 31.6 Å². The van der Waals surface area contributed by atoms with Crippen molar-refractivity contribution in [2.24, 2.45) is 0 Å². The molecule has 1 fully saturated rings. The Kier molecular flexibility index (Phi) is 6.55. The topological polar surface area (TPSA) is 123 Å². The highest BCUT2D eigenvalue weighted by Crippen LogP contribution is 2.30. The van der Waals surface area contributed by atoms with Crippen LogP contribution in [0.4, 0.5) is 17.3 Å². The number of amides is 2. The van der Waals surface area contributed by atoms with E-state index in [-0.39, 0.29) is 5.91 Å². The monoisotopic (exact) mass is 403 g/mol. The summed E-state index contributed by atoms with van der Waals surface area (Å²) in [5, 5.41) is 0. The maximum Gasteiger partial charge on any atom is 0.223 e. The lowest BCUT2D eigenvalue weighted by atomic mass is 10.2. The summed E-state index contributed by atoms with van der Waals surface area (Å²) >= 11 is 0. The Labute approximate surface area is 170 Å². The fourth-order valence-electron chi connectivity index (χ4n) is 3.41. The van der Waals surface area contributed by atoms with Gasteiger partial charge in [-0.1, -0.05) is 0 Å². The first-order valence-corrected chi connectivity index (χ1v) is 9.68. The van der Waals surface area contributed by atoms with Crippen molar-refractivity contribution in [3.63, 3.8) is 0 Å². The van der Waals surface area contributed by atoms with Gasteiger partial charge in [0.25, 0.3) is 0 Å². The third-order valence-electron chi connectivity index (χ3n) is 5.17. The number of carbonyl (C=O) groups excluding carboxylic acids is 2. The smallest absolute Gasteiger partial charge is 0.223 e. The molecular weight excluding hydrogens is 374 g/mol. The molecule has 2 heterocycles. The number of rotatable bonds is 8. The zero-order valence-corrected chi connectivity index (χ0v) is 17.0. The van der Waals surface area contributed by atoms with Gasteiger partial charge in [-0.05, 0) is 12.1 Å². The number of imidazole rings is 1. The number of anilines is 3. The molecule has 1 aromatic heterocycles. The van der Waals surface area contributed by atoms with Crippen molar-refractivity contribution in [3.8, 4) is 0 Å². The fraction of sp³-hybridized carbons (Fsp3) is 0.526. The Bertz CT molecular complexity index is 874. The van der Waals surface area contributed by atoms with Crippen molar-refractivity contribution in [2.45, 2.75) is 13.0 Å². The number of ether oxygens (including phenoxy) is 1. The number of carbonyl (C=O) groups is 2. The van der Waals surface area contributed by atoms with Crippen molar-refractivity contribution in [3.05, 3.63) is 12.1 Å². The predicted octanol–water partition coefficient (Wildman–Crippen LogP) is -0.0260. The summed E-state index contributed by atoms with van der Waals surface area (Å²) in [6.07, 6.45) is 1.09. The number of aryl methyl sites for hydroxylation is 1. The van der Waals surface area contributed by atoms with E-state index >= 15 is 0 Å². The summed E-state index contributed by atoms with van der Waals surface area (Å²) in [5.74, 6) is 0.316. The first-order chi connectivity index (χ1) is 13.9. The molecule has 4 N–H and O–H groups in total. The quantitative estimate of drug-likeness (QED) is 0.469. The molecule has 1 saturated heterocycles. The molecule has 1 aromatic carbocycles. The minimum atomic E-state index is 0.00180. The number of nitrogen functional groups attached to an aromatic ring is 2.